The van der Waals surface area contributed by atoms with Crippen molar-refractivity contribution in [1.29, 1.82) is 0 Å². The molecule has 0 aromatic heterocycles. The van der Waals surface area contributed by atoms with E-state index in [4.69, 9.17) is 32.7 Å². The summed E-state index contributed by atoms with van der Waals surface area (Å²) >= 11 is 13.7. The van der Waals surface area contributed by atoms with Gasteiger partial charge < -0.3 is 14.4 Å². The van der Waals surface area contributed by atoms with E-state index in [1.165, 1.54) is 18.4 Å². The molecule has 1 heterocycles. The number of amides is 1. The van der Waals surface area contributed by atoms with Gasteiger partial charge >= 0.3 is 0 Å². The third-order valence-corrected chi connectivity index (χ3v) is 9.72. The summed E-state index contributed by atoms with van der Waals surface area (Å²) in [6, 6.07) is 25.7. The van der Waals surface area contributed by atoms with Crippen molar-refractivity contribution in [2.45, 2.75) is 76.3 Å². The van der Waals surface area contributed by atoms with Crippen LogP contribution in [0.2, 0.25) is 10.0 Å². The number of carbonyl (C=O) groups excluding carboxylic acids is 1. The smallest absolute Gasteiger partial charge is 0.226 e. The summed E-state index contributed by atoms with van der Waals surface area (Å²) in [4.78, 5) is 16.1. The summed E-state index contributed by atoms with van der Waals surface area (Å²) in [6.45, 7) is 9.46. The van der Waals surface area contributed by atoms with Gasteiger partial charge in [0.25, 0.3) is 0 Å². The number of likely N-dealkylation sites (N-methyl/N-ethyl adjacent to an activating group) is 1. The van der Waals surface area contributed by atoms with Gasteiger partial charge in [-0.05, 0) is 100 Å². The Bertz CT molecular complexity index is 1290. The Kier molecular flexibility index (Phi) is 17.1. The van der Waals surface area contributed by atoms with Gasteiger partial charge in [0.1, 0.15) is 5.75 Å². The zero-order valence-corrected chi connectivity index (χ0v) is 30.1. The fourth-order valence-electron chi connectivity index (χ4n) is 5.43. The first-order chi connectivity index (χ1) is 22.3. The van der Waals surface area contributed by atoms with E-state index in [1.54, 1.807) is 13.2 Å². The maximum absolute atomic E-state index is 13.9. The SMILES string of the molecule is C=CC.CCC(CN(C)SC1CC1)N1C(=O)C(CCOCc2ccc(OC)cc2)CCC1c1ccc(Cl)cc1.Clc1ccccc1. The number of halogens is 2. The Labute approximate surface area is 291 Å². The van der Waals surface area contributed by atoms with E-state index in [9.17, 15) is 4.79 Å². The lowest BCUT2D eigenvalue weighted by Crippen LogP contribution is -2.51. The molecule has 0 N–H and O–H groups in total. The highest BCUT2D eigenvalue weighted by atomic mass is 35.5. The van der Waals surface area contributed by atoms with Crippen molar-refractivity contribution in [3.63, 3.8) is 0 Å². The lowest BCUT2D eigenvalue weighted by atomic mass is 9.85. The van der Waals surface area contributed by atoms with Gasteiger partial charge in [0.05, 0.1) is 19.8 Å². The highest BCUT2D eigenvalue weighted by Gasteiger charge is 2.39. The van der Waals surface area contributed by atoms with Gasteiger partial charge in [0.15, 0.2) is 0 Å². The predicted molar refractivity (Wildman–Crippen MR) is 196 cm³/mol. The number of hydrogen-bond acceptors (Lipinski definition) is 5. The topological polar surface area (TPSA) is 42.0 Å². The largest absolute Gasteiger partial charge is 0.497 e. The molecule has 2 aliphatic rings. The molecule has 3 aromatic rings. The average Bonchev–Trinajstić information content (AvgIpc) is 3.88. The van der Waals surface area contributed by atoms with Gasteiger partial charge in [-0.2, -0.15) is 0 Å². The second-order valence-corrected chi connectivity index (χ2v) is 14.0. The predicted octanol–water partition coefficient (Wildman–Crippen LogP) is 10.3. The van der Waals surface area contributed by atoms with Gasteiger partial charge in [-0.3, -0.25) is 9.10 Å². The molecule has 5 rings (SSSR count). The van der Waals surface area contributed by atoms with E-state index in [1.807, 2.05) is 85.6 Å². The van der Waals surface area contributed by atoms with Crippen molar-refractivity contribution in [3.05, 3.63) is 113 Å². The number of carbonyl (C=O) groups is 1. The summed E-state index contributed by atoms with van der Waals surface area (Å²) < 4.78 is 13.5. The fraction of sp³-hybridized carbons (Fsp3) is 0.447. The fourth-order valence-corrected chi connectivity index (χ4v) is 6.82. The molecule has 0 bridgehead atoms. The molecule has 5 nitrogen and oxygen atoms in total. The second-order valence-electron chi connectivity index (χ2n) is 11.7. The van der Waals surface area contributed by atoms with Crippen molar-refractivity contribution in [1.82, 2.24) is 9.21 Å². The van der Waals surface area contributed by atoms with Crippen LogP contribution < -0.4 is 4.74 Å². The van der Waals surface area contributed by atoms with Gasteiger partial charge in [-0.15, -0.1) is 6.58 Å². The molecule has 1 saturated carbocycles. The maximum Gasteiger partial charge on any atom is 0.226 e. The lowest BCUT2D eigenvalue weighted by molar-refractivity contribution is -0.146. The highest BCUT2D eigenvalue weighted by molar-refractivity contribution is 7.97. The molecule has 3 aromatic carbocycles. The molecule has 3 atom stereocenters. The first-order valence-electron chi connectivity index (χ1n) is 16.2. The number of ether oxygens (including phenoxy) is 2. The molecule has 1 amide bonds. The lowest BCUT2D eigenvalue weighted by Gasteiger charge is -2.45. The average molecular weight is 686 g/mol. The van der Waals surface area contributed by atoms with E-state index in [2.05, 4.69) is 41.9 Å². The number of piperidine rings is 1. The minimum atomic E-state index is -0.000131. The van der Waals surface area contributed by atoms with Crippen molar-refractivity contribution < 1.29 is 14.3 Å². The zero-order chi connectivity index (χ0) is 33.3. The van der Waals surface area contributed by atoms with Crippen LogP contribution in [0.3, 0.4) is 0 Å². The van der Waals surface area contributed by atoms with Gasteiger partial charge in [-0.1, -0.05) is 90.6 Å². The van der Waals surface area contributed by atoms with Crippen molar-refractivity contribution in [2.24, 2.45) is 5.92 Å². The quantitative estimate of drug-likeness (QED) is 0.102. The number of rotatable bonds is 13. The molecule has 0 radical (unpaired) electrons. The molecule has 0 spiro atoms. The number of nitrogens with zero attached hydrogens (tertiary/aromatic N) is 2. The van der Waals surface area contributed by atoms with Crippen LogP contribution >= 0.6 is 35.1 Å². The van der Waals surface area contributed by atoms with Crippen LogP contribution in [-0.4, -0.2) is 53.7 Å². The molecule has 3 unspecified atom stereocenters. The van der Waals surface area contributed by atoms with Crippen molar-refractivity contribution >= 4 is 41.1 Å². The van der Waals surface area contributed by atoms with Crippen molar-refractivity contribution in [3.8, 4) is 5.75 Å². The molecule has 1 saturated heterocycles. The first kappa shape index (κ1) is 38.0. The minimum absolute atomic E-state index is 0.000131. The Morgan fingerprint density at radius 1 is 0.978 bits per heavy atom. The molecular weight excluding hydrogens is 635 g/mol. The van der Waals surface area contributed by atoms with Crippen LogP contribution in [0, 0.1) is 5.92 Å². The Balaban J connectivity index is 0.000000495. The molecule has 250 valence electrons. The number of benzene rings is 3. The van der Waals surface area contributed by atoms with Crippen LogP contribution in [0.4, 0.5) is 0 Å². The van der Waals surface area contributed by atoms with E-state index in [0.29, 0.717) is 13.2 Å². The maximum atomic E-state index is 13.9. The van der Waals surface area contributed by atoms with Crippen LogP contribution in [0.5, 0.6) is 5.75 Å². The normalized spacial score (nSPS) is 18.2. The molecule has 1 aliphatic heterocycles. The number of hydrogen-bond donors (Lipinski definition) is 0. The number of allylic oxidation sites excluding steroid dienone is 1. The standard InChI is InChI=1S/C29H39ClN2O3S.C6H5Cl.C3H6/c1-4-25(19-31(2)36-27-14-15-27)32-28(22-7-10-24(30)11-8-22)16-9-23(29(32)33)17-18-35-20-21-5-12-26(34-3)13-6-21;7-6-4-2-1-3-5-6;1-3-2/h5-8,10-13,23,25,27-28H,4,9,14-20H2,1-3H3;1-5H;3H,1H2,2H3. The van der Waals surface area contributed by atoms with Gasteiger partial charge in [0.2, 0.25) is 5.91 Å². The summed E-state index contributed by atoms with van der Waals surface area (Å²) in [5, 5.41) is 2.28. The Hall–Kier alpha value is -2.48. The summed E-state index contributed by atoms with van der Waals surface area (Å²) in [5.74, 6) is 1.11. The van der Waals surface area contributed by atoms with Crippen LogP contribution in [0.25, 0.3) is 0 Å². The molecule has 1 aliphatic carbocycles. The van der Waals surface area contributed by atoms with E-state index < -0.39 is 0 Å². The number of likely N-dealkylation sites (tertiary alicyclic amines) is 1. The third-order valence-electron chi connectivity index (χ3n) is 7.94. The van der Waals surface area contributed by atoms with E-state index in [-0.39, 0.29) is 23.9 Å². The van der Waals surface area contributed by atoms with Gasteiger partial charge in [-0.25, -0.2) is 0 Å². The van der Waals surface area contributed by atoms with Crippen molar-refractivity contribution in [2.75, 3.05) is 27.3 Å². The molecule has 2 fully saturated rings. The van der Waals surface area contributed by atoms with Crippen LogP contribution in [0.1, 0.15) is 69.5 Å². The Morgan fingerprint density at radius 2 is 1.61 bits per heavy atom. The second kappa shape index (κ2) is 20.7. The monoisotopic (exact) mass is 684 g/mol. The van der Waals surface area contributed by atoms with Gasteiger partial charge in [0, 0.05) is 40.4 Å². The summed E-state index contributed by atoms with van der Waals surface area (Å²) in [6.07, 6.45) is 7.90. The molecule has 8 heteroatoms. The number of methoxy groups -OCH3 is 1. The van der Waals surface area contributed by atoms with E-state index >= 15 is 0 Å². The molecular formula is C38H50Cl2N2O3S. The molecule has 46 heavy (non-hydrogen) atoms. The van der Waals surface area contributed by atoms with Crippen LogP contribution in [0.15, 0.2) is 91.5 Å². The summed E-state index contributed by atoms with van der Waals surface area (Å²) in [7, 11) is 3.84. The minimum Gasteiger partial charge on any atom is -0.497 e. The Morgan fingerprint density at radius 3 is 2.15 bits per heavy atom. The third kappa shape index (κ3) is 13.0. The zero-order valence-electron chi connectivity index (χ0n) is 27.7. The van der Waals surface area contributed by atoms with E-state index in [0.717, 1.165) is 58.8 Å². The highest BCUT2D eigenvalue weighted by Crippen LogP contribution is 2.40. The van der Waals surface area contributed by atoms with Crippen LogP contribution in [-0.2, 0) is 16.1 Å². The first-order valence-corrected chi connectivity index (χ1v) is 17.8. The summed E-state index contributed by atoms with van der Waals surface area (Å²) in [5.41, 5.74) is 2.29.